The molecule has 0 unspecified atom stereocenters. The van der Waals surface area contributed by atoms with Crippen molar-refractivity contribution in [3.8, 4) is 0 Å². The van der Waals surface area contributed by atoms with E-state index in [0.29, 0.717) is 12.6 Å². The molecule has 21 heavy (non-hydrogen) atoms. The van der Waals surface area contributed by atoms with E-state index in [2.05, 4.69) is 34.5 Å². The smallest absolute Gasteiger partial charge is 0.310 e. The fraction of sp³-hybridized carbons (Fsp3) is 0.588. The molecule has 4 heteroatoms. The van der Waals surface area contributed by atoms with Crippen LogP contribution in [0.3, 0.4) is 0 Å². The molecule has 2 rings (SSSR count). The third-order valence-corrected chi connectivity index (χ3v) is 4.25. The van der Waals surface area contributed by atoms with Crippen LogP contribution >= 0.6 is 0 Å². The lowest BCUT2D eigenvalue weighted by atomic mass is 9.92. The van der Waals surface area contributed by atoms with Crippen molar-refractivity contribution in [1.29, 1.82) is 0 Å². The maximum Gasteiger partial charge on any atom is 0.310 e. The van der Waals surface area contributed by atoms with Gasteiger partial charge in [0, 0.05) is 19.1 Å². The van der Waals surface area contributed by atoms with Crippen LogP contribution in [0, 0.1) is 5.41 Å². The van der Waals surface area contributed by atoms with Gasteiger partial charge in [-0.05, 0) is 45.3 Å². The summed E-state index contributed by atoms with van der Waals surface area (Å²) in [7, 11) is 0. The fourth-order valence-corrected chi connectivity index (χ4v) is 2.61. The number of carboxylic acid groups (broad SMARTS) is 1. The zero-order chi connectivity index (χ0) is 15.3. The summed E-state index contributed by atoms with van der Waals surface area (Å²) in [6.07, 6.45) is 2.17. The maximum absolute atomic E-state index is 11.1. The predicted octanol–water partition coefficient (Wildman–Crippen LogP) is 2.35. The first kappa shape index (κ1) is 16.0. The Morgan fingerprint density at radius 1 is 1.29 bits per heavy atom. The maximum atomic E-state index is 11.1. The van der Waals surface area contributed by atoms with Crippen LogP contribution in [0.5, 0.6) is 0 Å². The van der Waals surface area contributed by atoms with Gasteiger partial charge in [0.1, 0.15) is 0 Å². The fourth-order valence-electron chi connectivity index (χ4n) is 2.61. The lowest BCUT2D eigenvalue weighted by Gasteiger charge is -2.34. The number of nitrogens with zero attached hydrogens (tertiary/aromatic N) is 1. The molecule has 0 spiro atoms. The molecule has 1 aliphatic rings. The van der Waals surface area contributed by atoms with Crippen LogP contribution < -0.4 is 5.32 Å². The van der Waals surface area contributed by atoms with Gasteiger partial charge in [0.2, 0.25) is 0 Å². The minimum absolute atomic E-state index is 0.440. The molecule has 0 bridgehead atoms. The SMILES string of the molecule is CC(C)(CNC1CCN(Cc2ccccc2)CC1)C(=O)O. The molecule has 0 radical (unpaired) electrons. The van der Waals surface area contributed by atoms with Crippen molar-refractivity contribution in [2.24, 2.45) is 5.41 Å². The minimum atomic E-state index is -0.739. The second-order valence-electron chi connectivity index (χ2n) is 6.61. The van der Waals surface area contributed by atoms with E-state index in [1.165, 1.54) is 5.56 Å². The summed E-state index contributed by atoms with van der Waals surface area (Å²) in [4.78, 5) is 13.6. The largest absolute Gasteiger partial charge is 0.481 e. The minimum Gasteiger partial charge on any atom is -0.481 e. The van der Waals surface area contributed by atoms with Crippen LogP contribution in [0.1, 0.15) is 32.3 Å². The Morgan fingerprint density at radius 2 is 1.90 bits per heavy atom. The van der Waals surface area contributed by atoms with Crippen molar-refractivity contribution in [3.05, 3.63) is 35.9 Å². The molecule has 2 N–H and O–H groups in total. The number of rotatable bonds is 6. The highest BCUT2D eigenvalue weighted by Crippen LogP contribution is 2.17. The van der Waals surface area contributed by atoms with Crippen LogP contribution in [0.15, 0.2) is 30.3 Å². The lowest BCUT2D eigenvalue weighted by molar-refractivity contribution is -0.146. The average Bonchev–Trinajstić information content (AvgIpc) is 2.47. The number of carboxylic acids is 1. The molecule has 0 amide bonds. The Labute approximate surface area is 127 Å². The molecule has 1 aliphatic heterocycles. The van der Waals surface area contributed by atoms with Gasteiger partial charge in [-0.25, -0.2) is 0 Å². The number of aliphatic carboxylic acids is 1. The van der Waals surface area contributed by atoms with Crippen LogP contribution in [0.4, 0.5) is 0 Å². The van der Waals surface area contributed by atoms with Gasteiger partial charge in [-0.2, -0.15) is 0 Å². The summed E-state index contributed by atoms with van der Waals surface area (Å²) >= 11 is 0. The molecule has 116 valence electrons. The van der Waals surface area contributed by atoms with Crippen LogP contribution in [-0.2, 0) is 11.3 Å². The first-order chi connectivity index (χ1) is 9.97. The van der Waals surface area contributed by atoms with E-state index >= 15 is 0 Å². The van der Waals surface area contributed by atoms with E-state index < -0.39 is 11.4 Å². The normalized spacial score (nSPS) is 17.8. The lowest BCUT2D eigenvalue weighted by Crippen LogP contribution is -2.46. The van der Waals surface area contributed by atoms with Gasteiger partial charge in [-0.15, -0.1) is 0 Å². The van der Waals surface area contributed by atoms with Gasteiger partial charge in [0.05, 0.1) is 5.41 Å². The molecule has 1 fully saturated rings. The molecular weight excluding hydrogens is 264 g/mol. The van der Waals surface area contributed by atoms with Crippen molar-refractivity contribution in [1.82, 2.24) is 10.2 Å². The number of hydrogen-bond acceptors (Lipinski definition) is 3. The summed E-state index contributed by atoms with van der Waals surface area (Å²) in [5.41, 5.74) is 0.664. The molecule has 4 nitrogen and oxygen atoms in total. The van der Waals surface area contributed by atoms with E-state index in [4.69, 9.17) is 5.11 Å². The second kappa shape index (κ2) is 7.05. The van der Waals surface area contributed by atoms with Gasteiger partial charge in [-0.1, -0.05) is 30.3 Å². The first-order valence-corrected chi connectivity index (χ1v) is 7.70. The Morgan fingerprint density at radius 3 is 2.48 bits per heavy atom. The number of carbonyl (C=O) groups is 1. The van der Waals surface area contributed by atoms with Crippen LogP contribution in [0.2, 0.25) is 0 Å². The first-order valence-electron chi connectivity index (χ1n) is 7.70. The van der Waals surface area contributed by atoms with Crippen molar-refractivity contribution < 1.29 is 9.90 Å². The van der Waals surface area contributed by atoms with Gasteiger partial charge >= 0.3 is 5.97 Å². The highest BCUT2D eigenvalue weighted by molar-refractivity contribution is 5.73. The van der Waals surface area contributed by atoms with Gasteiger partial charge in [0.25, 0.3) is 0 Å². The topological polar surface area (TPSA) is 52.6 Å². The Hall–Kier alpha value is -1.39. The summed E-state index contributed by atoms with van der Waals surface area (Å²) < 4.78 is 0. The Balaban J connectivity index is 1.72. The Kier molecular flexibility index (Phi) is 5.37. The number of nitrogens with one attached hydrogen (secondary N) is 1. The van der Waals surface area contributed by atoms with Gasteiger partial charge in [-0.3, -0.25) is 9.69 Å². The second-order valence-corrected chi connectivity index (χ2v) is 6.61. The summed E-state index contributed by atoms with van der Waals surface area (Å²) in [5, 5.41) is 12.5. The van der Waals surface area contributed by atoms with Crippen LogP contribution in [-0.4, -0.2) is 41.7 Å². The highest BCUT2D eigenvalue weighted by atomic mass is 16.4. The van der Waals surface area contributed by atoms with Crippen molar-refractivity contribution in [2.75, 3.05) is 19.6 Å². The molecule has 0 atom stereocenters. The standard InChI is InChI=1S/C17H26N2O2/c1-17(2,16(20)21)13-18-15-8-10-19(11-9-15)12-14-6-4-3-5-7-14/h3-7,15,18H,8-13H2,1-2H3,(H,20,21). The average molecular weight is 290 g/mol. The molecule has 1 saturated heterocycles. The van der Waals surface area contributed by atoms with E-state index in [-0.39, 0.29) is 0 Å². The van der Waals surface area contributed by atoms with Crippen molar-refractivity contribution in [3.63, 3.8) is 0 Å². The summed E-state index contributed by atoms with van der Waals surface area (Å²) in [6.45, 7) is 7.22. The van der Waals surface area contributed by atoms with Gasteiger partial charge in [0.15, 0.2) is 0 Å². The summed E-state index contributed by atoms with van der Waals surface area (Å²) in [5.74, 6) is -0.739. The van der Waals surface area contributed by atoms with E-state index in [0.717, 1.165) is 32.5 Å². The monoisotopic (exact) mass is 290 g/mol. The quantitative estimate of drug-likeness (QED) is 0.844. The van der Waals surface area contributed by atoms with Crippen molar-refractivity contribution in [2.45, 2.75) is 39.3 Å². The number of benzene rings is 1. The zero-order valence-electron chi connectivity index (χ0n) is 13.0. The molecule has 0 aliphatic carbocycles. The molecule has 1 heterocycles. The van der Waals surface area contributed by atoms with Gasteiger partial charge < -0.3 is 10.4 Å². The molecule has 1 aromatic rings. The molecular formula is C17H26N2O2. The van der Waals surface area contributed by atoms with Crippen molar-refractivity contribution >= 4 is 5.97 Å². The molecule has 0 aromatic heterocycles. The van der Waals surface area contributed by atoms with E-state index in [1.807, 2.05) is 6.07 Å². The molecule has 1 aromatic carbocycles. The van der Waals surface area contributed by atoms with Crippen LogP contribution in [0.25, 0.3) is 0 Å². The number of piperidine rings is 1. The zero-order valence-corrected chi connectivity index (χ0v) is 13.0. The highest BCUT2D eigenvalue weighted by Gasteiger charge is 2.28. The number of hydrogen-bond donors (Lipinski definition) is 2. The summed E-state index contributed by atoms with van der Waals surface area (Å²) in [6, 6.07) is 11.0. The number of likely N-dealkylation sites (tertiary alicyclic amines) is 1. The molecule has 0 saturated carbocycles. The van der Waals surface area contributed by atoms with E-state index in [1.54, 1.807) is 13.8 Å². The third-order valence-electron chi connectivity index (χ3n) is 4.25. The third kappa shape index (κ3) is 4.83. The Bertz CT molecular complexity index is 451. The van der Waals surface area contributed by atoms with E-state index in [9.17, 15) is 4.79 Å². The predicted molar refractivity (Wildman–Crippen MR) is 84.2 cm³/mol.